The first-order chi connectivity index (χ1) is 13.9. The molecule has 0 aliphatic carbocycles. The summed E-state index contributed by atoms with van der Waals surface area (Å²) in [6.45, 7) is 6.64. The molecule has 0 aliphatic heterocycles. The summed E-state index contributed by atoms with van der Waals surface area (Å²) in [7, 11) is 0. The zero-order chi connectivity index (χ0) is 21.2. The molecule has 1 heterocycles. The van der Waals surface area contributed by atoms with E-state index in [4.69, 9.17) is 5.26 Å². The van der Waals surface area contributed by atoms with Crippen LogP contribution < -0.4 is 16.0 Å². The number of hydrogen-bond acceptors (Lipinski definition) is 5. The van der Waals surface area contributed by atoms with Crippen molar-refractivity contribution in [3.05, 3.63) is 59.3 Å². The lowest BCUT2D eigenvalue weighted by molar-refractivity contribution is -0.123. The van der Waals surface area contributed by atoms with Crippen LogP contribution in [0.4, 0.5) is 5.82 Å². The van der Waals surface area contributed by atoms with E-state index in [9.17, 15) is 9.59 Å². The molecule has 152 valence electrons. The van der Waals surface area contributed by atoms with Gasteiger partial charge in [-0.3, -0.25) is 9.59 Å². The third-order valence-electron chi connectivity index (χ3n) is 4.36. The van der Waals surface area contributed by atoms with Crippen molar-refractivity contribution in [2.24, 2.45) is 5.92 Å². The molecule has 0 radical (unpaired) electrons. The van der Waals surface area contributed by atoms with E-state index in [1.54, 1.807) is 30.5 Å². The predicted molar refractivity (Wildman–Crippen MR) is 112 cm³/mol. The van der Waals surface area contributed by atoms with E-state index in [2.05, 4.69) is 27.0 Å². The Balaban J connectivity index is 1.92. The number of carbonyl (C=O) groups is 2. The number of nitriles is 1. The van der Waals surface area contributed by atoms with E-state index in [1.807, 2.05) is 32.9 Å². The normalized spacial score (nSPS) is 11.4. The Morgan fingerprint density at radius 1 is 1.14 bits per heavy atom. The van der Waals surface area contributed by atoms with Crippen molar-refractivity contribution in [1.29, 1.82) is 5.26 Å². The van der Waals surface area contributed by atoms with E-state index < -0.39 is 6.04 Å². The Kier molecular flexibility index (Phi) is 8.16. The Hall–Kier alpha value is -3.40. The molecular formula is C22H27N5O2. The molecule has 0 fully saturated rings. The SMILES string of the molecule is Cc1ccccc1C(=O)NC(CC(C)C)C(=O)NCCNc1ncccc1C#N. The third kappa shape index (κ3) is 6.61. The number of rotatable bonds is 9. The molecule has 3 N–H and O–H groups in total. The molecule has 29 heavy (non-hydrogen) atoms. The van der Waals surface area contributed by atoms with Crippen LogP contribution >= 0.6 is 0 Å². The maximum absolute atomic E-state index is 12.6. The molecule has 0 aliphatic rings. The van der Waals surface area contributed by atoms with Crippen LogP contribution in [-0.4, -0.2) is 35.9 Å². The minimum atomic E-state index is -0.619. The largest absolute Gasteiger partial charge is 0.367 e. The van der Waals surface area contributed by atoms with Gasteiger partial charge in [0, 0.05) is 24.8 Å². The summed E-state index contributed by atoms with van der Waals surface area (Å²) >= 11 is 0. The van der Waals surface area contributed by atoms with Crippen LogP contribution in [0.5, 0.6) is 0 Å². The topological polar surface area (TPSA) is 107 Å². The minimum absolute atomic E-state index is 0.232. The van der Waals surface area contributed by atoms with Crippen LogP contribution in [0.2, 0.25) is 0 Å². The van der Waals surface area contributed by atoms with Crippen molar-refractivity contribution in [3.63, 3.8) is 0 Å². The molecule has 0 saturated carbocycles. The summed E-state index contributed by atoms with van der Waals surface area (Å²) in [5.74, 6) is 0.238. The molecule has 1 unspecified atom stereocenters. The summed E-state index contributed by atoms with van der Waals surface area (Å²) in [6, 6.07) is 12.1. The number of benzene rings is 1. The molecule has 7 nitrogen and oxygen atoms in total. The van der Waals surface area contributed by atoms with Crippen LogP contribution in [0.15, 0.2) is 42.6 Å². The van der Waals surface area contributed by atoms with E-state index >= 15 is 0 Å². The summed E-state index contributed by atoms with van der Waals surface area (Å²) in [6.07, 6.45) is 2.14. The standard InChI is InChI=1S/C22H27N5O2/c1-15(2)13-19(27-21(28)18-9-5-4-7-16(18)3)22(29)26-12-11-25-20-17(14-23)8-6-10-24-20/h4-10,15,19H,11-13H2,1-3H3,(H,24,25)(H,26,29)(H,27,28). The smallest absolute Gasteiger partial charge is 0.252 e. The molecule has 1 aromatic carbocycles. The van der Waals surface area contributed by atoms with Gasteiger partial charge in [0.15, 0.2) is 0 Å². The van der Waals surface area contributed by atoms with Gasteiger partial charge in [-0.25, -0.2) is 4.98 Å². The Labute approximate surface area is 171 Å². The van der Waals surface area contributed by atoms with Crippen LogP contribution in [0.1, 0.15) is 41.8 Å². The van der Waals surface area contributed by atoms with Crippen molar-refractivity contribution in [1.82, 2.24) is 15.6 Å². The van der Waals surface area contributed by atoms with Crippen molar-refractivity contribution >= 4 is 17.6 Å². The average molecular weight is 393 g/mol. The fourth-order valence-electron chi connectivity index (χ4n) is 2.89. The van der Waals surface area contributed by atoms with Gasteiger partial charge < -0.3 is 16.0 Å². The number of nitrogens with zero attached hydrogens (tertiary/aromatic N) is 2. The first kappa shape index (κ1) is 21.9. The van der Waals surface area contributed by atoms with Crippen LogP contribution in [-0.2, 0) is 4.79 Å². The van der Waals surface area contributed by atoms with E-state index in [0.29, 0.717) is 36.5 Å². The number of nitrogens with one attached hydrogen (secondary N) is 3. The first-order valence-corrected chi connectivity index (χ1v) is 9.65. The van der Waals surface area contributed by atoms with E-state index in [-0.39, 0.29) is 17.7 Å². The van der Waals surface area contributed by atoms with Gasteiger partial charge in [-0.05, 0) is 43.0 Å². The first-order valence-electron chi connectivity index (χ1n) is 9.65. The molecule has 0 saturated heterocycles. The maximum Gasteiger partial charge on any atom is 0.252 e. The average Bonchev–Trinajstić information content (AvgIpc) is 2.70. The number of carbonyl (C=O) groups excluding carboxylic acids is 2. The Bertz CT molecular complexity index is 889. The minimum Gasteiger partial charge on any atom is -0.367 e. The number of amides is 2. The molecule has 1 aromatic heterocycles. The van der Waals surface area contributed by atoms with Gasteiger partial charge in [0.25, 0.3) is 5.91 Å². The summed E-state index contributed by atoms with van der Waals surface area (Å²) in [5, 5.41) is 17.8. The summed E-state index contributed by atoms with van der Waals surface area (Å²) in [5.41, 5.74) is 1.87. The fraction of sp³-hybridized carbons (Fsp3) is 0.364. The second kappa shape index (κ2) is 10.8. The highest BCUT2D eigenvalue weighted by Gasteiger charge is 2.22. The predicted octanol–water partition coefficient (Wildman–Crippen LogP) is 2.63. The van der Waals surface area contributed by atoms with Gasteiger partial charge in [-0.15, -0.1) is 0 Å². The molecule has 0 spiro atoms. The lowest BCUT2D eigenvalue weighted by Crippen LogP contribution is -2.48. The van der Waals surface area contributed by atoms with Crippen molar-refractivity contribution in [2.75, 3.05) is 18.4 Å². The number of aryl methyl sites for hydroxylation is 1. The van der Waals surface area contributed by atoms with Gasteiger partial charge in [0.2, 0.25) is 5.91 Å². The molecule has 2 aromatic rings. The molecule has 2 rings (SSSR count). The van der Waals surface area contributed by atoms with Gasteiger partial charge in [0.05, 0.1) is 5.56 Å². The lowest BCUT2D eigenvalue weighted by atomic mass is 10.0. The number of hydrogen-bond donors (Lipinski definition) is 3. The Morgan fingerprint density at radius 3 is 2.59 bits per heavy atom. The summed E-state index contributed by atoms with van der Waals surface area (Å²) in [4.78, 5) is 29.4. The van der Waals surface area contributed by atoms with Gasteiger partial charge in [0.1, 0.15) is 17.9 Å². The zero-order valence-electron chi connectivity index (χ0n) is 17.0. The maximum atomic E-state index is 12.6. The number of pyridine rings is 1. The summed E-state index contributed by atoms with van der Waals surface area (Å²) < 4.78 is 0. The molecular weight excluding hydrogens is 366 g/mol. The number of aromatic nitrogens is 1. The molecule has 2 amide bonds. The van der Waals surface area contributed by atoms with Crippen LogP contribution in [0.3, 0.4) is 0 Å². The van der Waals surface area contributed by atoms with Crippen LogP contribution in [0, 0.1) is 24.2 Å². The molecule has 7 heteroatoms. The van der Waals surface area contributed by atoms with Crippen LogP contribution in [0.25, 0.3) is 0 Å². The van der Waals surface area contributed by atoms with Crippen molar-refractivity contribution in [3.8, 4) is 6.07 Å². The lowest BCUT2D eigenvalue weighted by Gasteiger charge is -2.21. The fourth-order valence-corrected chi connectivity index (χ4v) is 2.89. The second-order valence-electron chi connectivity index (χ2n) is 7.20. The van der Waals surface area contributed by atoms with E-state index in [1.165, 1.54) is 0 Å². The highest BCUT2D eigenvalue weighted by Crippen LogP contribution is 2.11. The zero-order valence-corrected chi connectivity index (χ0v) is 17.0. The third-order valence-corrected chi connectivity index (χ3v) is 4.36. The van der Waals surface area contributed by atoms with Gasteiger partial charge in [-0.1, -0.05) is 32.0 Å². The molecule has 0 bridgehead atoms. The van der Waals surface area contributed by atoms with Crippen molar-refractivity contribution in [2.45, 2.75) is 33.2 Å². The van der Waals surface area contributed by atoms with Crippen molar-refractivity contribution < 1.29 is 9.59 Å². The van der Waals surface area contributed by atoms with Gasteiger partial charge in [-0.2, -0.15) is 5.26 Å². The number of anilines is 1. The second-order valence-corrected chi connectivity index (χ2v) is 7.20. The van der Waals surface area contributed by atoms with E-state index in [0.717, 1.165) is 5.56 Å². The quantitative estimate of drug-likeness (QED) is 0.568. The highest BCUT2D eigenvalue weighted by molar-refractivity contribution is 5.98. The monoisotopic (exact) mass is 393 g/mol. The Morgan fingerprint density at radius 2 is 1.90 bits per heavy atom. The highest BCUT2D eigenvalue weighted by atomic mass is 16.2. The van der Waals surface area contributed by atoms with Gasteiger partial charge >= 0.3 is 0 Å². The molecule has 1 atom stereocenters.